The second-order valence-electron chi connectivity index (χ2n) is 6.28. The molecule has 0 saturated heterocycles. The van der Waals surface area contributed by atoms with Gasteiger partial charge in [-0.05, 0) is 37.1 Å². The van der Waals surface area contributed by atoms with Gasteiger partial charge in [-0.3, -0.25) is 4.79 Å². The molecule has 8 heteroatoms. The molecule has 0 unspecified atom stereocenters. The Balaban J connectivity index is 1.57. The fraction of sp³-hybridized carbons (Fsp3) is 0.250. The molecule has 0 aliphatic carbocycles. The van der Waals surface area contributed by atoms with E-state index in [1.165, 1.54) is 23.9 Å². The van der Waals surface area contributed by atoms with Crippen LogP contribution in [0.5, 0.6) is 5.75 Å². The van der Waals surface area contributed by atoms with Gasteiger partial charge in [0, 0.05) is 7.05 Å². The van der Waals surface area contributed by atoms with Gasteiger partial charge in [0.2, 0.25) is 5.91 Å². The van der Waals surface area contributed by atoms with Gasteiger partial charge in [-0.2, -0.15) is 0 Å². The number of aromatic nitrogens is 3. The second-order valence-corrected chi connectivity index (χ2v) is 7.23. The van der Waals surface area contributed by atoms with Crippen molar-refractivity contribution >= 4 is 23.4 Å². The number of rotatable bonds is 7. The highest BCUT2D eigenvalue weighted by Gasteiger charge is 2.14. The summed E-state index contributed by atoms with van der Waals surface area (Å²) >= 11 is 1.23. The number of carbonyl (C=O) groups excluding carboxylic acids is 1. The normalized spacial score (nSPS) is 10.7. The molecule has 0 fully saturated rings. The molecule has 0 bridgehead atoms. The fourth-order valence-electron chi connectivity index (χ4n) is 2.64. The molecule has 3 aromatic rings. The predicted octanol–water partition coefficient (Wildman–Crippen LogP) is 3.88. The Hall–Kier alpha value is -2.87. The van der Waals surface area contributed by atoms with E-state index in [2.05, 4.69) is 15.5 Å². The molecule has 0 spiro atoms. The van der Waals surface area contributed by atoms with Crippen LogP contribution in [0.2, 0.25) is 0 Å². The Bertz CT molecular complexity index is 970. The van der Waals surface area contributed by atoms with Crippen molar-refractivity contribution in [1.29, 1.82) is 0 Å². The summed E-state index contributed by atoms with van der Waals surface area (Å²) in [6.07, 6.45) is 0. The molecule has 6 nitrogen and oxygen atoms in total. The van der Waals surface area contributed by atoms with Gasteiger partial charge in [0.15, 0.2) is 11.0 Å². The first-order valence-corrected chi connectivity index (χ1v) is 9.68. The predicted molar refractivity (Wildman–Crippen MR) is 107 cm³/mol. The quantitative estimate of drug-likeness (QED) is 0.610. The monoisotopic (exact) mass is 400 g/mol. The minimum absolute atomic E-state index is 0.0953. The lowest BCUT2D eigenvalue weighted by molar-refractivity contribution is -0.113. The highest BCUT2D eigenvalue weighted by atomic mass is 32.2. The summed E-state index contributed by atoms with van der Waals surface area (Å²) in [4.78, 5) is 12.1. The van der Waals surface area contributed by atoms with Crippen LogP contribution in [0.15, 0.2) is 47.6 Å². The Morgan fingerprint density at radius 2 is 1.86 bits per heavy atom. The SMILES string of the molecule is Cc1cccc(C)c1OCc1nnc(SCC(=O)Nc2ccccc2F)n1C. The standard InChI is InChI=1S/C20H21FN4O2S/c1-13-7-6-8-14(2)19(13)27-11-17-23-24-20(25(17)3)28-12-18(26)22-16-10-5-4-9-15(16)21/h4-10H,11-12H2,1-3H3,(H,22,26). The first kappa shape index (κ1) is 19.9. The number of halogens is 1. The number of nitrogens with one attached hydrogen (secondary N) is 1. The molecule has 1 aromatic heterocycles. The smallest absolute Gasteiger partial charge is 0.234 e. The number of aryl methyl sites for hydroxylation is 2. The molecule has 0 aliphatic rings. The van der Waals surface area contributed by atoms with Crippen LogP contribution in [0.3, 0.4) is 0 Å². The molecular formula is C20H21FN4O2S. The van der Waals surface area contributed by atoms with Crippen LogP contribution in [-0.4, -0.2) is 26.4 Å². The Kier molecular flexibility index (Phi) is 6.30. The van der Waals surface area contributed by atoms with Crippen molar-refractivity contribution in [3.05, 3.63) is 65.2 Å². The third-order valence-electron chi connectivity index (χ3n) is 4.16. The second kappa shape index (κ2) is 8.88. The lowest BCUT2D eigenvalue weighted by Gasteiger charge is -2.11. The van der Waals surface area contributed by atoms with Crippen molar-refractivity contribution in [2.75, 3.05) is 11.1 Å². The van der Waals surface area contributed by atoms with Gasteiger partial charge in [-0.25, -0.2) is 4.39 Å². The average molecular weight is 400 g/mol. The van der Waals surface area contributed by atoms with Gasteiger partial charge in [0.1, 0.15) is 18.2 Å². The van der Waals surface area contributed by atoms with Crippen molar-refractivity contribution in [1.82, 2.24) is 14.8 Å². The van der Waals surface area contributed by atoms with Crippen molar-refractivity contribution in [3.8, 4) is 5.75 Å². The number of anilines is 1. The van der Waals surface area contributed by atoms with Gasteiger partial charge in [-0.1, -0.05) is 42.1 Å². The summed E-state index contributed by atoms with van der Waals surface area (Å²) in [5, 5.41) is 11.4. The molecule has 2 aromatic carbocycles. The summed E-state index contributed by atoms with van der Waals surface area (Å²) in [7, 11) is 1.82. The van der Waals surface area contributed by atoms with Gasteiger partial charge >= 0.3 is 0 Å². The Labute approximate surface area is 167 Å². The zero-order valence-corrected chi connectivity index (χ0v) is 16.7. The topological polar surface area (TPSA) is 69.0 Å². The number of thioether (sulfide) groups is 1. The van der Waals surface area contributed by atoms with Crippen LogP contribution >= 0.6 is 11.8 Å². The molecule has 0 aliphatic heterocycles. The molecule has 146 valence electrons. The third-order valence-corrected chi connectivity index (χ3v) is 5.18. The summed E-state index contributed by atoms with van der Waals surface area (Å²) in [6.45, 7) is 4.26. The zero-order chi connectivity index (χ0) is 20.1. The molecule has 1 N–H and O–H groups in total. The largest absolute Gasteiger partial charge is 0.485 e. The maximum Gasteiger partial charge on any atom is 0.234 e. The molecule has 0 atom stereocenters. The van der Waals surface area contributed by atoms with E-state index < -0.39 is 5.82 Å². The van der Waals surface area contributed by atoms with Crippen LogP contribution in [0, 0.1) is 19.7 Å². The number of benzene rings is 2. The lowest BCUT2D eigenvalue weighted by Crippen LogP contribution is -2.15. The molecule has 0 radical (unpaired) electrons. The fourth-order valence-corrected chi connectivity index (χ4v) is 3.37. The summed E-state index contributed by atoms with van der Waals surface area (Å²) in [5.74, 6) is 0.804. The van der Waals surface area contributed by atoms with E-state index in [1.807, 2.05) is 39.1 Å². The first-order chi connectivity index (χ1) is 13.5. The van der Waals surface area contributed by atoms with Gasteiger partial charge in [0.05, 0.1) is 11.4 Å². The van der Waals surface area contributed by atoms with Crippen LogP contribution in [0.1, 0.15) is 17.0 Å². The maximum absolute atomic E-state index is 13.6. The highest BCUT2D eigenvalue weighted by Crippen LogP contribution is 2.24. The highest BCUT2D eigenvalue weighted by molar-refractivity contribution is 7.99. The number of carbonyl (C=O) groups is 1. The van der Waals surface area contributed by atoms with E-state index >= 15 is 0 Å². The van der Waals surface area contributed by atoms with Crippen molar-refractivity contribution in [2.45, 2.75) is 25.6 Å². The summed E-state index contributed by atoms with van der Waals surface area (Å²) in [5.41, 5.74) is 2.27. The molecule has 0 saturated carbocycles. The summed E-state index contributed by atoms with van der Waals surface area (Å²) < 4.78 is 21.3. The van der Waals surface area contributed by atoms with Crippen molar-refractivity contribution < 1.29 is 13.9 Å². The van der Waals surface area contributed by atoms with Crippen LogP contribution in [0.4, 0.5) is 10.1 Å². The van der Waals surface area contributed by atoms with E-state index in [0.29, 0.717) is 11.0 Å². The molecular weight excluding hydrogens is 379 g/mol. The van der Waals surface area contributed by atoms with E-state index in [-0.39, 0.29) is 24.0 Å². The van der Waals surface area contributed by atoms with Gasteiger partial charge in [0.25, 0.3) is 0 Å². The van der Waals surface area contributed by atoms with Crippen LogP contribution in [0.25, 0.3) is 0 Å². The van der Waals surface area contributed by atoms with E-state index in [0.717, 1.165) is 16.9 Å². The maximum atomic E-state index is 13.6. The number of ether oxygens (including phenoxy) is 1. The van der Waals surface area contributed by atoms with Gasteiger partial charge < -0.3 is 14.6 Å². The van der Waals surface area contributed by atoms with E-state index in [9.17, 15) is 9.18 Å². The average Bonchev–Trinajstić information content (AvgIpc) is 3.01. The minimum Gasteiger partial charge on any atom is -0.485 e. The Morgan fingerprint density at radius 3 is 2.57 bits per heavy atom. The first-order valence-electron chi connectivity index (χ1n) is 8.70. The molecule has 3 rings (SSSR count). The van der Waals surface area contributed by atoms with Crippen molar-refractivity contribution in [2.24, 2.45) is 7.05 Å². The third kappa shape index (κ3) is 4.69. The number of para-hydroxylation sites is 2. The molecule has 28 heavy (non-hydrogen) atoms. The van der Waals surface area contributed by atoms with Crippen LogP contribution in [-0.2, 0) is 18.4 Å². The Morgan fingerprint density at radius 1 is 1.14 bits per heavy atom. The van der Waals surface area contributed by atoms with Crippen LogP contribution < -0.4 is 10.1 Å². The molecule has 1 amide bonds. The molecule has 1 heterocycles. The van der Waals surface area contributed by atoms with Gasteiger partial charge in [-0.15, -0.1) is 10.2 Å². The number of nitrogens with zero attached hydrogens (tertiary/aromatic N) is 3. The number of hydrogen-bond donors (Lipinski definition) is 1. The summed E-state index contributed by atoms with van der Waals surface area (Å²) in [6, 6.07) is 12.0. The number of amides is 1. The minimum atomic E-state index is -0.467. The van der Waals surface area contributed by atoms with E-state index in [4.69, 9.17) is 4.74 Å². The lowest BCUT2D eigenvalue weighted by atomic mass is 10.1. The number of hydrogen-bond acceptors (Lipinski definition) is 5. The zero-order valence-electron chi connectivity index (χ0n) is 15.9. The van der Waals surface area contributed by atoms with E-state index in [1.54, 1.807) is 16.7 Å². The van der Waals surface area contributed by atoms with Crippen molar-refractivity contribution in [3.63, 3.8) is 0 Å².